The molecule has 2 N–H and O–H groups in total. The molecule has 0 unspecified atom stereocenters. The maximum atomic E-state index is 13.6. The lowest BCUT2D eigenvalue weighted by Crippen LogP contribution is -2.31. The van der Waals surface area contributed by atoms with Crippen molar-refractivity contribution in [3.63, 3.8) is 0 Å². The Morgan fingerprint density at radius 3 is 2.27 bits per heavy atom. The zero-order valence-corrected chi connectivity index (χ0v) is 21.2. The summed E-state index contributed by atoms with van der Waals surface area (Å²) < 4.78 is 32.9. The number of hydrogen-bond donors (Lipinski definition) is 2. The lowest BCUT2D eigenvalue weighted by molar-refractivity contribution is 0.306. The average Bonchev–Trinajstić information content (AvgIpc) is 3.29. The average molecular weight is 515 g/mol. The van der Waals surface area contributed by atoms with Gasteiger partial charge in [0.05, 0.1) is 4.88 Å². The molecule has 0 bridgehead atoms. The van der Waals surface area contributed by atoms with Crippen LogP contribution in [0.4, 0.5) is 4.39 Å². The first kappa shape index (κ1) is 24.8. The van der Waals surface area contributed by atoms with Gasteiger partial charge < -0.3 is 14.2 Å². The van der Waals surface area contributed by atoms with E-state index in [0.29, 0.717) is 25.5 Å². The minimum atomic E-state index is -0.274. The van der Waals surface area contributed by atoms with Gasteiger partial charge in [-0.05, 0) is 72.8 Å². The van der Waals surface area contributed by atoms with Gasteiger partial charge in [-0.3, -0.25) is 10.9 Å². The Bertz CT molecular complexity index is 1440. The smallest absolute Gasteiger partial charge is 0.153 e. The fourth-order valence-corrected chi connectivity index (χ4v) is 5.01. The molecule has 0 fully saturated rings. The van der Waals surface area contributed by atoms with Crippen LogP contribution in [0.2, 0.25) is 0 Å². The van der Waals surface area contributed by atoms with E-state index in [1.807, 2.05) is 79.8 Å². The van der Waals surface area contributed by atoms with Gasteiger partial charge in [0.1, 0.15) is 36.3 Å². The first-order chi connectivity index (χ1) is 18.2. The SMILES string of the molecule is CNNCCOc1ccc(Oc2c(-c3ccc(F)cc3)sc3cc(OCc4ccccc4)ccc23)cc1. The number of fused-ring (bicyclic) bond motifs is 1. The standard InChI is InChI=1S/C30H27FN2O3S/c1-32-33-17-18-34-24-11-13-25(14-12-24)36-29-27-16-15-26(35-20-21-5-3-2-4-6-21)19-28(27)37-30(29)22-7-9-23(31)10-8-22/h2-16,19,32-33H,17-18,20H2,1H3. The van der Waals surface area contributed by atoms with Crippen molar-refractivity contribution >= 4 is 21.4 Å². The second-order valence-corrected chi connectivity index (χ2v) is 9.35. The molecule has 0 radical (unpaired) electrons. The van der Waals surface area contributed by atoms with Crippen molar-refractivity contribution in [2.75, 3.05) is 20.2 Å². The van der Waals surface area contributed by atoms with Crippen LogP contribution in [0, 0.1) is 5.82 Å². The van der Waals surface area contributed by atoms with Crippen molar-refractivity contribution in [2.24, 2.45) is 0 Å². The summed E-state index contributed by atoms with van der Waals surface area (Å²) in [5.41, 5.74) is 7.85. The molecule has 37 heavy (non-hydrogen) atoms. The lowest BCUT2D eigenvalue weighted by atomic mass is 10.1. The molecule has 5 aromatic rings. The number of nitrogens with one attached hydrogen (secondary N) is 2. The van der Waals surface area contributed by atoms with E-state index in [1.54, 1.807) is 23.5 Å². The van der Waals surface area contributed by atoms with Crippen LogP contribution in [0.1, 0.15) is 5.56 Å². The summed E-state index contributed by atoms with van der Waals surface area (Å²) >= 11 is 1.59. The number of hydrogen-bond acceptors (Lipinski definition) is 6. The zero-order valence-electron chi connectivity index (χ0n) is 20.4. The van der Waals surface area contributed by atoms with Gasteiger partial charge in [0, 0.05) is 16.6 Å². The zero-order chi connectivity index (χ0) is 25.5. The van der Waals surface area contributed by atoms with Gasteiger partial charge in [-0.25, -0.2) is 4.39 Å². The Hall–Kier alpha value is -3.91. The van der Waals surface area contributed by atoms with Crippen LogP contribution in [-0.4, -0.2) is 20.2 Å². The largest absolute Gasteiger partial charge is 0.492 e. The quantitative estimate of drug-likeness (QED) is 0.144. The van der Waals surface area contributed by atoms with Crippen molar-refractivity contribution in [2.45, 2.75) is 6.61 Å². The topological polar surface area (TPSA) is 51.8 Å². The molecule has 0 saturated heterocycles. The number of halogens is 1. The molecule has 188 valence electrons. The Labute approximate surface area is 219 Å². The predicted molar refractivity (Wildman–Crippen MR) is 147 cm³/mol. The van der Waals surface area contributed by atoms with Crippen LogP contribution < -0.4 is 25.1 Å². The van der Waals surface area contributed by atoms with Crippen molar-refractivity contribution in [1.29, 1.82) is 0 Å². The molecule has 5 nitrogen and oxygen atoms in total. The fourth-order valence-electron chi connectivity index (χ4n) is 3.84. The molecular formula is C30H27FN2O3S. The van der Waals surface area contributed by atoms with Crippen molar-refractivity contribution < 1.29 is 18.6 Å². The molecule has 0 amide bonds. The summed E-state index contributed by atoms with van der Waals surface area (Å²) in [6, 6.07) is 30.1. The maximum Gasteiger partial charge on any atom is 0.153 e. The van der Waals surface area contributed by atoms with E-state index in [-0.39, 0.29) is 5.82 Å². The van der Waals surface area contributed by atoms with Crippen molar-refractivity contribution in [3.8, 4) is 33.4 Å². The molecule has 7 heteroatoms. The highest BCUT2D eigenvalue weighted by Gasteiger charge is 2.17. The van der Waals surface area contributed by atoms with Crippen LogP contribution in [0.25, 0.3) is 20.5 Å². The van der Waals surface area contributed by atoms with Crippen LogP contribution in [0.15, 0.2) is 97.1 Å². The van der Waals surface area contributed by atoms with Crippen LogP contribution in [0.3, 0.4) is 0 Å². The summed E-state index contributed by atoms with van der Waals surface area (Å²) in [6.07, 6.45) is 0. The van der Waals surface area contributed by atoms with Gasteiger partial charge in [-0.15, -0.1) is 11.3 Å². The van der Waals surface area contributed by atoms with Crippen molar-refractivity contribution in [1.82, 2.24) is 10.9 Å². The number of hydrazine groups is 1. The highest BCUT2D eigenvalue weighted by Crippen LogP contribution is 2.47. The normalized spacial score (nSPS) is 11.0. The lowest BCUT2D eigenvalue weighted by Gasteiger charge is -2.10. The molecule has 0 aliphatic rings. The monoisotopic (exact) mass is 514 g/mol. The molecule has 0 saturated carbocycles. The molecule has 0 aliphatic heterocycles. The summed E-state index contributed by atoms with van der Waals surface area (Å²) in [5.74, 6) is 2.69. The molecule has 0 atom stereocenters. The molecule has 4 aromatic carbocycles. The summed E-state index contributed by atoms with van der Waals surface area (Å²) in [5, 5.41) is 0.967. The Morgan fingerprint density at radius 1 is 0.784 bits per heavy atom. The van der Waals surface area contributed by atoms with Crippen LogP contribution >= 0.6 is 11.3 Å². The highest BCUT2D eigenvalue weighted by molar-refractivity contribution is 7.22. The number of ether oxygens (including phenoxy) is 3. The molecule has 5 rings (SSSR count). The van der Waals surface area contributed by atoms with E-state index in [2.05, 4.69) is 10.9 Å². The van der Waals surface area contributed by atoms with Crippen LogP contribution in [-0.2, 0) is 6.61 Å². The summed E-state index contributed by atoms with van der Waals surface area (Å²) in [4.78, 5) is 0.925. The number of benzene rings is 4. The molecule has 0 aliphatic carbocycles. The summed E-state index contributed by atoms with van der Waals surface area (Å²) in [6.45, 7) is 1.72. The van der Waals surface area contributed by atoms with Gasteiger partial charge in [0.2, 0.25) is 0 Å². The Morgan fingerprint density at radius 2 is 1.51 bits per heavy atom. The van der Waals surface area contributed by atoms with E-state index in [4.69, 9.17) is 14.2 Å². The Balaban J connectivity index is 1.41. The number of thiophene rings is 1. The fraction of sp³-hybridized carbons (Fsp3) is 0.133. The van der Waals surface area contributed by atoms with Gasteiger partial charge in [-0.1, -0.05) is 42.5 Å². The third-order valence-corrected chi connectivity index (χ3v) is 6.87. The van der Waals surface area contributed by atoms with Crippen molar-refractivity contribution in [3.05, 3.63) is 108 Å². The molecule has 1 heterocycles. The molecular weight excluding hydrogens is 487 g/mol. The second-order valence-electron chi connectivity index (χ2n) is 8.30. The number of rotatable bonds is 11. The first-order valence-corrected chi connectivity index (χ1v) is 12.8. The van der Waals surface area contributed by atoms with Gasteiger partial charge in [0.15, 0.2) is 5.75 Å². The second kappa shape index (κ2) is 11.9. The Kier molecular flexibility index (Phi) is 7.96. The predicted octanol–water partition coefficient (Wildman–Crippen LogP) is 7.18. The van der Waals surface area contributed by atoms with Gasteiger partial charge in [0.25, 0.3) is 0 Å². The highest BCUT2D eigenvalue weighted by atomic mass is 32.1. The van der Waals surface area contributed by atoms with E-state index < -0.39 is 0 Å². The van der Waals surface area contributed by atoms with E-state index >= 15 is 0 Å². The third kappa shape index (κ3) is 6.27. The first-order valence-electron chi connectivity index (χ1n) is 12.0. The van der Waals surface area contributed by atoms with Gasteiger partial charge >= 0.3 is 0 Å². The van der Waals surface area contributed by atoms with Crippen LogP contribution in [0.5, 0.6) is 23.0 Å². The van der Waals surface area contributed by atoms with E-state index in [9.17, 15) is 4.39 Å². The molecule has 1 aromatic heterocycles. The van der Waals surface area contributed by atoms with Gasteiger partial charge in [-0.2, -0.15) is 0 Å². The third-order valence-electron chi connectivity index (χ3n) is 5.69. The molecule has 0 spiro atoms. The minimum absolute atomic E-state index is 0.274. The minimum Gasteiger partial charge on any atom is -0.492 e. The summed E-state index contributed by atoms with van der Waals surface area (Å²) in [7, 11) is 1.82. The van der Waals surface area contributed by atoms with E-state index in [0.717, 1.165) is 43.3 Å². The van der Waals surface area contributed by atoms with E-state index in [1.165, 1.54) is 12.1 Å². The maximum absolute atomic E-state index is 13.6.